The van der Waals surface area contributed by atoms with Crippen molar-refractivity contribution in [2.24, 2.45) is 0 Å². The van der Waals surface area contributed by atoms with E-state index in [2.05, 4.69) is 89.5 Å². The number of benzene rings is 1. The molecule has 1 aromatic carbocycles. The van der Waals surface area contributed by atoms with Crippen LogP contribution in [-0.2, 0) is 0 Å². The molecule has 27 heavy (non-hydrogen) atoms. The van der Waals surface area contributed by atoms with Crippen LogP contribution in [0.15, 0.2) is 16.6 Å². The molecule has 1 aliphatic heterocycles. The fourth-order valence-corrected chi connectivity index (χ4v) is 10.4. The molecule has 2 nitrogen and oxygen atoms in total. The van der Waals surface area contributed by atoms with Gasteiger partial charge < -0.3 is 9.16 Å². The summed E-state index contributed by atoms with van der Waals surface area (Å²) in [6.45, 7) is 18.3. The first-order chi connectivity index (χ1) is 12.5. The van der Waals surface area contributed by atoms with Gasteiger partial charge in [-0.15, -0.1) is 0 Å². The van der Waals surface area contributed by atoms with E-state index < -0.39 is 8.32 Å². The Morgan fingerprint density at radius 1 is 1.04 bits per heavy atom. The molecule has 0 aromatic heterocycles. The van der Waals surface area contributed by atoms with Crippen molar-refractivity contribution in [1.29, 1.82) is 0 Å². The predicted octanol–water partition coefficient (Wildman–Crippen LogP) is 8.03. The molecular weight excluding hydrogens is 416 g/mol. The van der Waals surface area contributed by atoms with Crippen LogP contribution < -0.4 is 9.16 Å². The average Bonchev–Trinajstić information content (AvgIpc) is 3.36. The van der Waals surface area contributed by atoms with Crippen molar-refractivity contribution in [3.05, 3.63) is 27.7 Å². The van der Waals surface area contributed by atoms with Crippen LogP contribution in [0.2, 0.25) is 16.6 Å². The molecular formula is C23H35BrO2Si. The number of hydrogen-bond donors (Lipinski definition) is 0. The maximum atomic E-state index is 7.11. The molecule has 0 spiro atoms. The van der Waals surface area contributed by atoms with Gasteiger partial charge in [-0.1, -0.05) is 57.5 Å². The molecule has 3 rings (SSSR count). The third kappa shape index (κ3) is 3.76. The molecule has 0 radical (unpaired) electrons. The fraction of sp³-hybridized carbons (Fsp3) is 0.652. The zero-order valence-corrected chi connectivity index (χ0v) is 20.7. The van der Waals surface area contributed by atoms with Gasteiger partial charge in [0.25, 0.3) is 8.32 Å². The van der Waals surface area contributed by atoms with Crippen molar-refractivity contribution in [3.63, 3.8) is 0 Å². The van der Waals surface area contributed by atoms with E-state index in [9.17, 15) is 0 Å². The van der Waals surface area contributed by atoms with Crippen molar-refractivity contribution < 1.29 is 9.16 Å². The maximum absolute atomic E-state index is 7.11. The Kier molecular flexibility index (Phi) is 5.64. The second-order valence-corrected chi connectivity index (χ2v) is 16.0. The quantitative estimate of drug-likeness (QED) is 0.408. The fourth-order valence-electron chi connectivity index (χ4n) is 4.78. The zero-order valence-electron chi connectivity index (χ0n) is 18.2. The minimum absolute atomic E-state index is 0.339. The smallest absolute Gasteiger partial charge is 0.258 e. The van der Waals surface area contributed by atoms with Crippen LogP contribution in [0.5, 0.6) is 11.5 Å². The largest absolute Gasteiger partial charge is 0.542 e. The average molecular weight is 452 g/mol. The highest BCUT2D eigenvalue weighted by atomic mass is 79.9. The van der Waals surface area contributed by atoms with Gasteiger partial charge in [0.1, 0.15) is 17.1 Å². The highest BCUT2D eigenvalue weighted by Gasteiger charge is 2.48. The summed E-state index contributed by atoms with van der Waals surface area (Å²) in [7, 11) is -1.99. The Bertz CT molecular complexity index is 723. The van der Waals surface area contributed by atoms with E-state index >= 15 is 0 Å². The third-order valence-corrected chi connectivity index (χ3v) is 13.5. The van der Waals surface area contributed by atoms with Gasteiger partial charge in [0.15, 0.2) is 0 Å². The van der Waals surface area contributed by atoms with Crippen LogP contribution in [0.4, 0.5) is 0 Å². The number of halogens is 1. The lowest BCUT2D eigenvalue weighted by molar-refractivity contribution is 0.155. The normalized spacial score (nSPS) is 19.2. The summed E-state index contributed by atoms with van der Waals surface area (Å²) in [5, 5.41) is 0. The topological polar surface area (TPSA) is 18.5 Å². The Balaban J connectivity index is 2.10. The third-order valence-electron chi connectivity index (χ3n) is 6.38. The number of fused-ring (bicyclic) bond motifs is 1. The first kappa shape index (κ1) is 21.0. The van der Waals surface area contributed by atoms with Crippen molar-refractivity contribution in [2.45, 2.75) is 96.4 Å². The van der Waals surface area contributed by atoms with Crippen molar-refractivity contribution >= 4 is 30.3 Å². The summed E-state index contributed by atoms with van der Waals surface area (Å²) < 4.78 is 14.5. The van der Waals surface area contributed by atoms with Crippen LogP contribution in [0.3, 0.4) is 0 Å². The molecule has 4 heteroatoms. The minimum Gasteiger partial charge on any atom is -0.542 e. The van der Waals surface area contributed by atoms with Crippen LogP contribution in [0.1, 0.15) is 85.3 Å². The van der Waals surface area contributed by atoms with Crippen LogP contribution >= 0.6 is 15.9 Å². The summed E-state index contributed by atoms with van der Waals surface area (Å²) in [5.74, 6) is 2.67. The van der Waals surface area contributed by atoms with Gasteiger partial charge in [0.2, 0.25) is 0 Å². The molecule has 1 aliphatic carbocycles. The van der Waals surface area contributed by atoms with Gasteiger partial charge in [-0.05, 0) is 66.9 Å². The van der Waals surface area contributed by atoms with Gasteiger partial charge in [0.05, 0.1) is 0 Å². The van der Waals surface area contributed by atoms with Crippen molar-refractivity contribution in [2.75, 3.05) is 0 Å². The van der Waals surface area contributed by atoms with Gasteiger partial charge in [-0.25, -0.2) is 0 Å². The molecule has 150 valence electrons. The first-order valence-electron chi connectivity index (χ1n) is 10.4. The van der Waals surface area contributed by atoms with Crippen molar-refractivity contribution in [1.82, 2.24) is 0 Å². The van der Waals surface area contributed by atoms with E-state index in [1.165, 1.54) is 24.0 Å². The van der Waals surface area contributed by atoms with E-state index in [0.717, 1.165) is 16.0 Å². The molecule has 0 N–H and O–H groups in total. The summed E-state index contributed by atoms with van der Waals surface area (Å²) in [4.78, 5) is 0. The lowest BCUT2D eigenvalue weighted by atomic mass is 9.98. The molecule has 2 aliphatic rings. The van der Waals surface area contributed by atoms with E-state index in [1.807, 2.05) is 0 Å². The monoisotopic (exact) mass is 450 g/mol. The van der Waals surface area contributed by atoms with E-state index in [1.54, 1.807) is 0 Å². The van der Waals surface area contributed by atoms with E-state index in [4.69, 9.17) is 9.16 Å². The van der Waals surface area contributed by atoms with Crippen molar-refractivity contribution in [3.8, 4) is 11.5 Å². The van der Waals surface area contributed by atoms with Crippen LogP contribution in [-0.4, -0.2) is 13.9 Å². The zero-order chi connectivity index (χ0) is 20.1. The second kappa shape index (κ2) is 7.26. The molecule has 1 fully saturated rings. The number of rotatable bonds is 6. The van der Waals surface area contributed by atoms with Gasteiger partial charge in [-0.2, -0.15) is 0 Å². The lowest BCUT2D eigenvalue weighted by Gasteiger charge is -2.43. The Morgan fingerprint density at radius 2 is 1.59 bits per heavy atom. The second-order valence-electron chi connectivity index (χ2n) is 9.73. The molecule has 0 bridgehead atoms. The lowest BCUT2D eigenvalue weighted by Crippen LogP contribution is -2.50. The number of hydrogen-bond acceptors (Lipinski definition) is 2. The highest BCUT2D eigenvalue weighted by Crippen LogP contribution is 2.51. The van der Waals surface area contributed by atoms with Gasteiger partial charge in [-0.3, -0.25) is 0 Å². The standard InChI is InChI=1S/C23H35BrO2Si/c1-14(2)27(15(3)4,16(5)6)26-21-13-20-18(11-19(21)17-9-10-17)12-22(24)23(7,8)25-20/h11-17H,9-10H2,1-8H3. The highest BCUT2D eigenvalue weighted by molar-refractivity contribution is 9.11. The van der Waals surface area contributed by atoms with Crippen LogP contribution in [0.25, 0.3) is 6.08 Å². The van der Waals surface area contributed by atoms with E-state index in [0.29, 0.717) is 22.5 Å². The Morgan fingerprint density at radius 3 is 2.07 bits per heavy atom. The number of ether oxygens (including phenoxy) is 1. The van der Waals surface area contributed by atoms with Crippen LogP contribution in [0, 0.1) is 0 Å². The minimum atomic E-state index is -1.99. The molecule has 0 saturated heterocycles. The molecule has 0 atom stereocenters. The molecule has 0 unspecified atom stereocenters. The Hall–Kier alpha value is -0.743. The summed E-state index contributed by atoms with van der Waals surface area (Å²) in [6, 6.07) is 4.51. The summed E-state index contributed by atoms with van der Waals surface area (Å²) >= 11 is 3.69. The summed E-state index contributed by atoms with van der Waals surface area (Å²) in [6.07, 6.45) is 4.75. The Labute approximate surface area is 175 Å². The molecule has 0 amide bonds. The first-order valence-corrected chi connectivity index (χ1v) is 13.4. The van der Waals surface area contributed by atoms with E-state index in [-0.39, 0.29) is 5.60 Å². The van der Waals surface area contributed by atoms with Gasteiger partial charge in [0, 0.05) is 16.1 Å². The molecule has 1 heterocycles. The SMILES string of the molecule is CC(C)[Si](Oc1cc2c(cc1C1CC1)C=C(Br)C(C)(C)O2)(C(C)C)C(C)C. The molecule has 1 saturated carbocycles. The predicted molar refractivity (Wildman–Crippen MR) is 122 cm³/mol. The van der Waals surface area contributed by atoms with Gasteiger partial charge >= 0.3 is 0 Å². The molecule has 1 aromatic rings. The summed E-state index contributed by atoms with van der Waals surface area (Å²) in [5.41, 5.74) is 3.90. The maximum Gasteiger partial charge on any atom is 0.258 e.